The minimum atomic E-state index is -3.72. The highest BCUT2D eigenvalue weighted by molar-refractivity contribution is 7.89. The zero-order chi connectivity index (χ0) is 19.9. The first kappa shape index (κ1) is 19.3. The molecule has 1 aromatic heterocycles. The van der Waals surface area contributed by atoms with Gasteiger partial charge in [-0.3, -0.25) is 10.1 Å². The number of halogens is 1. The van der Waals surface area contributed by atoms with Crippen molar-refractivity contribution in [2.75, 3.05) is 18.4 Å². The van der Waals surface area contributed by atoms with Crippen LogP contribution in [0.3, 0.4) is 0 Å². The second-order valence-electron chi connectivity index (χ2n) is 6.65. The van der Waals surface area contributed by atoms with Crippen LogP contribution in [0.2, 0.25) is 5.02 Å². The van der Waals surface area contributed by atoms with Crippen LogP contribution in [0.5, 0.6) is 0 Å². The normalized spacial score (nSPS) is 15.2. The molecule has 1 saturated heterocycles. The van der Waals surface area contributed by atoms with Crippen molar-refractivity contribution in [1.29, 1.82) is 0 Å². The minimum absolute atomic E-state index is 0.0381. The molecule has 4 rings (SSSR count). The average molecular weight is 436 g/mol. The lowest BCUT2D eigenvalue weighted by molar-refractivity contribution is 0.102. The van der Waals surface area contributed by atoms with Crippen LogP contribution in [0, 0.1) is 6.92 Å². The topological polar surface area (TPSA) is 79.4 Å². The van der Waals surface area contributed by atoms with Crippen molar-refractivity contribution >= 4 is 54.2 Å². The first-order valence-electron chi connectivity index (χ1n) is 8.83. The number of aryl methyl sites for hydroxylation is 1. The lowest BCUT2D eigenvalue weighted by atomic mass is 10.2. The molecule has 9 heteroatoms. The lowest BCUT2D eigenvalue weighted by Crippen LogP contribution is -2.28. The summed E-state index contributed by atoms with van der Waals surface area (Å²) in [5.74, 6) is -0.425. The van der Waals surface area contributed by atoms with E-state index in [2.05, 4.69) is 10.3 Å². The van der Waals surface area contributed by atoms with Gasteiger partial charge < -0.3 is 0 Å². The van der Waals surface area contributed by atoms with E-state index >= 15 is 0 Å². The van der Waals surface area contributed by atoms with E-state index in [4.69, 9.17) is 11.6 Å². The maximum Gasteiger partial charge on any atom is 0.257 e. The molecular weight excluding hydrogens is 418 g/mol. The van der Waals surface area contributed by atoms with Crippen LogP contribution >= 0.6 is 22.9 Å². The number of fused-ring (bicyclic) bond motifs is 1. The van der Waals surface area contributed by atoms with Crippen LogP contribution in [0.1, 0.15) is 28.8 Å². The number of anilines is 1. The van der Waals surface area contributed by atoms with Gasteiger partial charge in [0.2, 0.25) is 10.0 Å². The number of carbonyl (C=O) groups is 1. The molecule has 2 aromatic carbocycles. The molecule has 0 atom stereocenters. The standard InChI is InChI=1S/C19H18ClN3O3S2/c1-12-5-4-6-15-17(12)21-19(27-15)22-18(24)13-7-8-14(20)16(11-13)28(25,26)23-9-2-3-10-23/h4-8,11H,2-3,9-10H2,1H3,(H,21,22,24). The minimum Gasteiger partial charge on any atom is -0.298 e. The number of hydrogen-bond acceptors (Lipinski definition) is 5. The first-order chi connectivity index (χ1) is 13.4. The van der Waals surface area contributed by atoms with Crippen LogP contribution in [0.15, 0.2) is 41.3 Å². The van der Waals surface area contributed by atoms with Crippen LogP contribution in [-0.4, -0.2) is 36.7 Å². The Kier molecular flexibility index (Phi) is 5.13. The third-order valence-corrected chi connectivity index (χ3v) is 8.03. The first-order valence-corrected chi connectivity index (χ1v) is 11.5. The van der Waals surface area contributed by atoms with Gasteiger partial charge in [0, 0.05) is 18.7 Å². The number of rotatable bonds is 4. The summed E-state index contributed by atoms with van der Waals surface area (Å²) in [5, 5.41) is 3.34. The highest BCUT2D eigenvalue weighted by atomic mass is 35.5. The van der Waals surface area contributed by atoms with Crippen LogP contribution in [0.4, 0.5) is 5.13 Å². The molecule has 0 radical (unpaired) electrons. The molecule has 1 aliphatic heterocycles. The van der Waals surface area contributed by atoms with Crippen molar-refractivity contribution in [2.24, 2.45) is 0 Å². The molecule has 1 fully saturated rings. The van der Waals surface area contributed by atoms with E-state index in [0.29, 0.717) is 18.2 Å². The zero-order valence-electron chi connectivity index (χ0n) is 15.1. The predicted octanol–water partition coefficient (Wildman–Crippen LogP) is 4.29. The molecular formula is C19H18ClN3O3S2. The maximum absolute atomic E-state index is 12.8. The highest BCUT2D eigenvalue weighted by Crippen LogP contribution is 2.30. The van der Waals surface area contributed by atoms with E-state index in [1.54, 1.807) is 0 Å². The number of amides is 1. The summed E-state index contributed by atoms with van der Waals surface area (Å²) < 4.78 is 28.1. The number of thiazole rings is 1. The van der Waals surface area contributed by atoms with Gasteiger partial charge in [0.15, 0.2) is 5.13 Å². The molecule has 0 unspecified atom stereocenters. The maximum atomic E-state index is 12.8. The second-order valence-corrected chi connectivity index (χ2v) is 10.00. The summed E-state index contributed by atoms with van der Waals surface area (Å²) >= 11 is 7.52. The van der Waals surface area contributed by atoms with Crippen molar-refractivity contribution in [2.45, 2.75) is 24.7 Å². The number of aromatic nitrogens is 1. The number of para-hydroxylation sites is 1. The van der Waals surface area contributed by atoms with Gasteiger partial charge in [0.05, 0.1) is 15.2 Å². The molecule has 3 aromatic rings. The SMILES string of the molecule is Cc1cccc2sc(NC(=O)c3ccc(Cl)c(S(=O)(=O)N4CCCC4)c3)nc12. The smallest absolute Gasteiger partial charge is 0.257 e. The van der Waals surface area contributed by atoms with E-state index in [1.807, 2.05) is 25.1 Å². The third-order valence-electron chi connectivity index (χ3n) is 4.72. The molecule has 6 nitrogen and oxygen atoms in total. The predicted molar refractivity (Wildman–Crippen MR) is 112 cm³/mol. The molecule has 0 saturated carbocycles. The van der Waals surface area contributed by atoms with Crippen molar-refractivity contribution in [1.82, 2.24) is 9.29 Å². The van der Waals surface area contributed by atoms with Crippen molar-refractivity contribution < 1.29 is 13.2 Å². The number of nitrogens with one attached hydrogen (secondary N) is 1. The van der Waals surface area contributed by atoms with Crippen molar-refractivity contribution in [3.05, 3.63) is 52.5 Å². The number of benzene rings is 2. The Morgan fingerprint density at radius 1 is 1.21 bits per heavy atom. The van der Waals surface area contributed by atoms with Crippen LogP contribution in [-0.2, 0) is 10.0 Å². The monoisotopic (exact) mass is 435 g/mol. The van der Waals surface area contributed by atoms with Gasteiger partial charge >= 0.3 is 0 Å². The Morgan fingerprint density at radius 2 is 1.96 bits per heavy atom. The van der Waals surface area contributed by atoms with Gasteiger partial charge in [-0.05, 0) is 49.6 Å². The van der Waals surface area contributed by atoms with E-state index in [0.717, 1.165) is 28.6 Å². The van der Waals surface area contributed by atoms with Gasteiger partial charge in [-0.15, -0.1) is 0 Å². The van der Waals surface area contributed by atoms with Crippen LogP contribution < -0.4 is 5.32 Å². The van der Waals surface area contributed by atoms with Gasteiger partial charge in [-0.1, -0.05) is 35.1 Å². The largest absolute Gasteiger partial charge is 0.298 e. The average Bonchev–Trinajstić information content (AvgIpc) is 3.32. The van der Waals surface area contributed by atoms with Gasteiger partial charge in [-0.25, -0.2) is 13.4 Å². The van der Waals surface area contributed by atoms with Crippen molar-refractivity contribution in [3.8, 4) is 0 Å². The summed E-state index contributed by atoms with van der Waals surface area (Å²) in [5.41, 5.74) is 2.09. The zero-order valence-corrected chi connectivity index (χ0v) is 17.5. The molecule has 0 spiro atoms. The summed E-state index contributed by atoms with van der Waals surface area (Å²) in [6.07, 6.45) is 1.65. The van der Waals surface area contributed by atoms with Crippen molar-refractivity contribution in [3.63, 3.8) is 0 Å². The summed E-state index contributed by atoms with van der Waals surface area (Å²) in [4.78, 5) is 17.1. The molecule has 28 heavy (non-hydrogen) atoms. The van der Waals surface area contributed by atoms with Gasteiger partial charge in [0.1, 0.15) is 4.90 Å². The number of nitrogens with zero attached hydrogens (tertiary/aromatic N) is 2. The fourth-order valence-electron chi connectivity index (χ4n) is 3.22. The Bertz CT molecular complexity index is 1170. The van der Waals surface area contributed by atoms with Crippen LogP contribution in [0.25, 0.3) is 10.2 Å². The molecule has 2 heterocycles. The van der Waals surface area contributed by atoms with E-state index in [9.17, 15) is 13.2 Å². The number of hydrogen-bond donors (Lipinski definition) is 1. The molecule has 1 N–H and O–H groups in total. The fourth-order valence-corrected chi connectivity index (χ4v) is 6.18. The molecule has 146 valence electrons. The Morgan fingerprint density at radius 3 is 2.68 bits per heavy atom. The second kappa shape index (κ2) is 7.44. The molecule has 1 aliphatic rings. The summed E-state index contributed by atoms with van der Waals surface area (Å²) in [6, 6.07) is 10.1. The lowest BCUT2D eigenvalue weighted by Gasteiger charge is -2.17. The quantitative estimate of drug-likeness (QED) is 0.662. The number of carbonyl (C=O) groups excluding carboxylic acids is 1. The highest BCUT2D eigenvalue weighted by Gasteiger charge is 2.29. The molecule has 1 amide bonds. The third kappa shape index (κ3) is 3.53. The van der Waals surface area contributed by atoms with Gasteiger partial charge in [-0.2, -0.15) is 4.31 Å². The number of sulfonamides is 1. The Balaban J connectivity index is 1.63. The van der Waals surface area contributed by atoms with E-state index < -0.39 is 15.9 Å². The fraction of sp³-hybridized carbons (Fsp3) is 0.263. The van der Waals surface area contributed by atoms with E-state index in [1.165, 1.54) is 33.8 Å². The summed E-state index contributed by atoms with van der Waals surface area (Å²) in [6.45, 7) is 2.91. The Labute approximate surface area is 172 Å². The van der Waals surface area contributed by atoms with E-state index in [-0.39, 0.29) is 15.5 Å². The summed E-state index contributed by atoms with van der Waals surface area (Å²) in [7, 11) is -3.72. The molecule has 0 bridgehead atoms. The molecule has 0 aliphatic carbocycles. The Hall–Kier alpha value is -2.00. The van der Waals surface area contributed by atoms with Gasteiger partial charge in [0.25, 0.3) is 5.91 Å².